The van der Waals surface area contributed by atoms with E-state index in [9.17, 15) is 5.11 Å². The standard InChI is InChI=1S/C16H21N3O3/c1-11(12(2)19-7-3-6-18-19)17-9-14(20)13-4-5-15-16(8-13)22-10-21-15/h3-8,11-12,14,17,20H,9-10H2,1-2H3/t11-,12-,14+/m0/s1. The first kappa shape index (κ1) is 14.9. The minimum absolute atomic E-state index is 0.184. The van der Waals surface area contributed by atoms with Crippen LogP contribution in [0.3, 0.4) is 0 Å². The lowest BCUT2D eigenvalue weighted by Crippen LogP contribution is -2.36. The third kappa shape index (κ3) is 3.08. The predicted molar refractivity (Wildman–Crippen MR) is 81.9 cm³/mol. The molecular formula is C16H21N3O3. The third-order valence-corrected chi connectivity index (χ3v) is 4.08. The van der Waals surface area contributed by atoms with Gasteiger partial charge in [-0.1, -0.05) is 6.07 Å². The Hall–Kier alpha value is -2.05. The molecule has 1 aromatic carbocycles. The average molecular weight is 303 g/mol. The van der Waals surface area contributed by atoms with Crippen molar-refractivity contribution in [2.75, 3.05) is 13.3 Å². The SMILES string of the molecule is C[C@H](NC[C@@H](O)c1ccc2c(c1)OCO2)[C@H](C)n1cccn1. The maximum Gasteiger partial charge on any atom is 0.231 e. The van der Waals surface area contributed by atoms with E-state index in [-0.39, 0.29) is 18.9 Å². The molecule has 0 spiro atoms. The highest BCUT2D eigenvalue weighted by atomic mass is 16.7. The summed E-state index contributed by atoms with van der Waals surface area (Å²) >= 11 is 0. The van der Waals surface area contributed by atoms with E-state index in [1.165, 1.54) is 0 Å². The fourth-order valence-corrected chi connectivity index (χ4v) is 2.46. The molecule has 0 saturated heterocycles. The van der Waals surface area contributed by atoms with Crippen LogP contribution in [0.25, 0.3) is 0 Å². The Morgan fingerprint density at radius 1 is 1.32 bits per heavy atom. The van der Waals surface area contributed by atoms with Gasteiger partial charge in [-0.2, -0.15) is 5.10 Å². The molecule has 0 radical (unpaired) electrons. The summed E-state index contributed by atoms with van der Waals surface area (Å²) in [4.78, 5) is 0. The van der Waals surface area contributed by atoms with Gasteiger partial charge in [-0.3, -0.25) is 4.68 Å². The monoisotopic (exact) mass is 303 g/mol. The number of rotatable bonds is 6. The molecule has 6 nitrogen and oxygen atoms in total. The zero-order valence-electron chi connectivity index (χ0n) is 12.8. The Morgan fingerprint density at radius 3 is 2.91 bits per heavy atom. The lowest BCUT2D eigenvalue weighted by Gasteiger charge is -2.23. The molecule has 2 N–H and O–H groups in total. The van der Waals surface area contributed by atoms with Gasteiger partial charge in [0, 0.05) is 25.0 Å². The van der Waals surface area contributed by atoms with Crippen LogP contribution in [0.4, 0.5) is 0 Å². The van der Waals surface area contributed by atoms with Crippen molar-refractivity contribution >= 4 is 0 Å². The normalized spacial score (nSPS) is 17.2. The van der Waals surface area contributed by atoms with Gasteiger partial charge in [-0.05, 0) is 37.6 Å². The van der Waals surface area contributed by atoms with E-state index in [4.69, 9.17) is 9.47 Å². The second-order valence-corrected chi connectivity index (χ2v) is 5.55. The summed E-state index contributed by atoms with van der Waals surface area (Å²) in [6.45, 7) is 4.88. The average Bonchev–Trinajstić information content (AvgIpc) is 3.21. The molecule has 1 aliphatic rings. The molecule has 0 fully saturated rings. The van der Waals surface area contributed by atoms with Crippen molar-refractivity contribution in [1.29, 1.82) is 0 Å². The largest absolute Gasteiger partial charge is 0.454 e. The third-order valence-electron chi connectivity index (χ3n) is 4.08. The van der Waals surface area contributed by atoms with Gasteiger partial charge < -0.3 is 19.9 Å². The van der Waals surface area contributed by atoms with E-state index < -0.39 is 6.10 Å². The molecule has 6 heteroatoms. The molecular weight excluding hydrogens is 282 g/mol. The lowest BCUT2D eigenvalue weighted by atomic mass is 10.1. The van der Waals surface area contributed by atoms with Crippen molar-refractivity contribution in [3.8, 4) is 11.5 Å². The molecule has 1 aromatic heterocycles. The smallest absolute Gasteiger partial charge is 0.231 e. The van der Waals surface area contributed by atoms with Crippen molar-refractivity contribution in [2.45, 2.75) is 32.0 Å². The molecule has 2 aromatic rings. The number of aliphatic hydroxyl groups is 1. The summed E-state index contributed by atoms with van der Waals surface area (Å²) in [5.41, 5.74) is 0.815. The number of aromatic nitrogens is 2. The van der Waals surface area contributed by atoms with Gasteiger partial charge in [0.05, 0.1) is 12.1 Å². The molecule has 0 saturated carbocycles. The summed E-state index contributed by atoms with van der Waals surface area (Å²) in [7, 11) is 0. The first-order chi connectivity index (χ1) is 10.6. The summed E-state index contributed by atoms with van der Waals surface area (Å²) in [6, 6.07) is 7.82. The van der Waals surface area contributed by atoms with Crippen molar-refractivity contribution in [2.24, 2.45) is 0 Å². The Morgan fingerprint density at radius 2 is 2.14 bits per heavy atom. The fourth-order valence-electron chi connectivity index (χ4n) is 2.46. The number of benzene rings is 1. The highest BCUT2D eigenvalue weighted by Gasteiger charge is 2.19. The van der Waals surface area contributed by atoms with Gasteiger partial charge in [0.25, 0.3) is 0 Å². The molecule has 0 aliphatic carbocycles. The Labute approximate surface area is 129 Å². The Balaban J connectivity index is 1.56. The molecule has 0 amide bonds. The summed E-state index contributed by atoms with van der Waals surface area (Å²) in [5, 5.41) is 17.9. The van der Waals surface area contributed by atoms with E-state index in [0.717, 1.165) is 11.3 Å². The highest BCUT2D eigenvalue weighted by Crippen LogP contribution is 2.34. The number of hydrogen-bond donors (Lipinski definition) is 2. The lowest BCUT2D eigenvalue weighted by molar-refractivity contribution is 0.164. The van der Waals surface area contributed by atoms with E-state index in [0.29, 0.717) is 12.3 Å². The second kappa shape index (κ2) is 6.37. The Bertz CT molecular complexity index is 615. The number of ether oxygens (including phenoxy) is 2. The van der Waals surface area contributed by atoms with Crippen molar-refractivity contribution in [3.05, 3.63) is 42.2 Å². The van der Waals surface area contributed by atoms with E-state index in [1.54, 1.807) is 6.20 Å². The van der Waals surface area contributed by atoms with Gasteiger partial charge in [0.1, 0.15) is 0 Å². The van der Waals surface area contributed by atoms with Crippen LogP contribution in [0.2, 0.25) is 0 Å². The summed E-state index contributed by atoms with van der Waals surface area (Å²) in [5.74, 6) is 1.42. The zero-order chi connectivity index (χ0) is 15.5. The molecule has 3 atom stereocenters. The first-order valence-electron chi connectivity index (χ1n) is 7.45. The maximum absolute atomic E-state index is 10.3. The van der Waals surface area contributed by atoms with Crippen LogP contribution in [-0.2, 0) is 0 Å². The van der Waals surface area contributed by atoms with Gasteiger partial charge in [0.15, 0.2) is 11.5 Å². The van der Waals surface area contributed by atoms with Crippen molar-refractivity contribution in [1.82, 2.24) is 15.1 Å². The zero-order valence-corrected chi connectivity index (χ0v) is 12.8. The fraction of sp³-hybridized carbons (Fsp3) is 0.438. The first-order valence-corrected chi connectivity index (χ1v) is 7.45. The van der Waals surface area contributed by atoms with Crippen LogP contribution in [0, 0.1) is 0 Å². The predicted octanol–water partition coefficient (Wildman–Crippen LogP) is 1.88. The van der Waals surface area contributed by atoms with Crippen LogP contribution in [0.15, 0.2) is 36.7 Å². The number of nitrogens with one attached hydrogen (secondary N) is 1. The molecule has 0 unspecified atom stereocenters. The number of fused-ring (bicyclic) bond motifs is 1. The molecule has 0 bridgehead atoms. The van der Waals surface area contributed by atoms with Crippen LogP contribution < -0.4 is 14.8 Å². The van der Waals surface area contributed by atoms with Gasteiger partial charge in [-0.15, -0.1) is 0 Å². The minimum atomic E-state index is -0.596. The number of nitrogens with zero attached hydrogens (tertiary/aromatic N) is 2. The van der Waals surface area contributed by atoms with E-state index >= 15 is 0 Å². The van der Waals surface area contributed by atoms with Gasteiger partial charge in [-0.25, -0.2) is 0 Å². The van der Waals surface area contributed by atoms with Crippen LogP contribution in [-0.4, -0.2) is 34.3 Å². The molecule has 1 aliphatic heterocycles. The summed E-state index contributed by atoms with van der Waals surface area (Å²) < 4.78 is 12.5. The minimum Gasteiger partial charge on any atom is -0.454 e. The van der Waals surface area contributed by atoms with Crippen LogP contribution in [0.5, 0.6) is 11.5 Å². The van der Waals surface area contributed by atoms with Crippen molar-refractivity contribution < 1.29 is 14.6 Å². The number of aliphatic hydroxyl groups excluding tert-OH is 1. The second-order valence-electron chi connectivity index (χ2n) is 5.55. The van der Waals surface area contributed by atoms with Gasteiger partial charge in [0.2, 0.25) is 6.79 Å². The van der Waals surface area contributed by atoms with E-state index in [2.05, 4.69) is 24.3 Å². The Kier molecular flexibility index (Phi) is 4.31. The topological polar surface area (TPSA) is 68.5 Å². The summed E-state index contributed by atoms with van der Waals surface area (Å²) in [6.07, 6.45) is 3.11. The molecule has 2 heterocycles. The molecule has 22 heavy (non-hydrogen) atoms. The number of hydrogen-bond acceptors (Lipinski definition) is 5. The van der Waals surface area contributed by atoms with Crippen LogP contribution >= 0.6 is 0 Å². The van der Waals surface area contributed by atoms with Crippen LogP contribution in [0.1, 0.15) is 31.6 Å². The molecule has 3 rings (SSSR count). The quantitative estimate of drug-likeness (QED) is 0.853. The molecule has 118 valence electrons. The van der Waals surface area contributed by atoms with Crippen molar-refractivity contribution in [3.63, 3.8) is 0 Å². The van der Waals surface area contributed by atoms with E-state index in [1.807, 2.05) is 35.1 Å². The van der Waals surface area contributed by atoms with Gasteiger partial charge >= 0.3 is 0 Å². The highest BCUT2D eigenvalue weighted by molar-refractivity contribution is 5.45. The maximum atomic E-state index is 10.3.